The van der Waals surface area contributed by atoms with Crippen LogP contribution >= 0.6 is 0 Å². The van der Waals surface area contributed by atoms with E-state index in [9.17, 15) is 0 Å². The molecule has 0 aromatic heterocycles. The molecule has 0 atom stereocenters. The van der Waals surface area contributed by atoms with E-state index in [0.717, 1.165) is 0 Å². The molecule has 76 valence electrons. The van der Waals surface area contributed by atoms with Crippen LogP contribution < -0.4 is 0 Å². The summed E-state index contributed by atoms with van der Waals surface area (Å²) < 4.78 is 0. The Balaban J connectivity index is 0. The molecule has 0 spiro atoms. The predicted octanol–water partition coefficient (Wildman–Crippen LogP) is -1.60. The Morgan fingerprint density at radius 1 is 0.273 bits per heavy atom. The summed E-state index contributed by atoms with van der Waals surface area (Å²) in [6.45, 7) is 0. The van der Waals surface area contributed by atoms with Gasteiger partial charge in [-0.2, -0.15) is 0 Å². The maximum absolute atomic E-state index is 0. The Bertz CT molecular complexity index is 14.4. The van der Waals surface area contributed by atoms with E-state index in [1.54, 1.807) is 0 Å². The molecule has 0 N–H and O–H groups in total. The van der Waals surface area contributed by atoms with Crippen LogP contribution in [-0.4, -0.2) is 34.7 Å². The van der Waals surface area contributed by atoms with Crippen molar-refractivity contribution in [2.24, 2.45) is 0 Å². The Labute approximate surface area is 113 Å². The molecule has 0 amide bonds. The zero-order chi connectivity index (χ0) is 0. The van der Waals surface area contributed by atoms with Crippen molar-refractivity contribution in [2.45, 2.75) is 0 Å². The fourth-order valence-corrected chi connectivity index (χ4v) is 0. The Kier molecular flexibility index (Phi) is 13200. The quantitative estimate of drug-likeness (QED) is 0.320. The van der Waals surface area contributed by atoms with E-state index in [-0.39, 0.29) is 114 Å². The first kappa shape index (κ1) is 432. The zero-order valence-electron chi connectivity index (χ0n) is 4.77. The second-order valence-electron chi connectivity index (χ2n) is 0. The maximum Gasteiger partial charge on any atom is 0 e. The average molecular weight is 538 g/mol. The van der Waals surface area contributed by atoms with Gasteiger partial charge in [0.2, 0.25) is 0 Å². The predicted molar refractivity (Wildman–Crippen MR) is 16.3 cm³/mol. The minimum atomic E-state index is 0. The molecule has 0 saturated carbocycles. The van der Waals surface area contributed by atoms with Crippen LogP contribution in [0.4, 0.5) is 0 Å². The standard InChI is InChI=1S/2Al.7O.2Re/q;;7*-2;;. The third-order valence-corrected chi connectivity index (χ3v) is 0. The number of hydrogen-bond acceptors (Lipinski definition) is 0. The van der Waals surface area contributed by atoms with Crippen LogP contribution in [-0.2, 0) is 79.2 Å². The molecule has 0 aliphatic carbocycles. The molecule has 0 aromatic rings. The van der Waals surface area contributed by atoms with Crippen molar-refractivity contribution >= 4 is 34.7 Å². The van der Waals surface area contributed by atoms with E-state index in [1.165, 1.54) is 0 Å². The summed E-state index contributed by atoms with van der Waals surface area (Å²) in [5.41, 5.74) is 0. The Morgan fingerprint density at radius 2 is 0.273 bits per heavy atom. The van der Waals surface area contributed by atoms with E-state index in [0.29, 0.717) is 0 Å². The van der Waals surface area contributed by atoms with Crippen molar-refractivity contribution in [1.82, 2.24) is 0 Å². The van der Waals surface area contributed by atoms with Gasteiger partial charge in [-0.15, -0.1) is 0 Å². The minimum absolute atomic E-state index is 0. The second-order valence-corrected chi connectivity index (χ2v) is 0. The van der Waals surface area contributed by atoms with Gasteiger partial charge in [0, 0.05) is 75.6 Å². The molecular weight excluding hydrogens is 538 g/mol. The fraction of sp³-hybridized carbons (Fsp3) is 0. The number of rotatable bonds is 0. The van der Waals surface area contributed by atoms with E-state index < -0.39 is 0 Å². The third-order valence-electron chi connectivity index (χ3n) is 0. The molecule has 0 aromatic carbocycles. The topological polar surface area (TPSA) is 200 Å². The van der Waals surface area contributed by atoms with Crippen LogP contribution in [0.25, 0.3) is 0 Å². The van der Waals surface area contributed by atoms with Crippen LogP contribution in [0.3, 0.4) is 0 Å². The van der Waals surface area contributed by atoms with Crippen LogP contribution in [0.5, 0.6) is 0 Å². The van der Waals surface area contributed by atoms with Gasteiger partial charge in [0.05, 0.1) is 0 Å². The van der Waals surface area contributed by atoms with E-state index >= 15 is 0 Å². The van der Waals surface area contributed by atoms with Gasteiger partial charge in [-0.05, 0) is 0 Å². The molecule has 11 heteroatoms. The van der Waals surface area contributed by atoms with Crippen LogP contribution in [0, 0.1) is 0 Å². The van der Waals surface area contributed by atoms with Crippen LogP contribution in [0.15, 0.2) is 0 Å². The minimum Gasteiger partial charge on any atom is -2.00 e. The average Bonchev–Trinajstić information content (AvgIpc) is 0. The van der Waals surface area contributed by atoms with Crippen LogP contribution in [0.1, 0.15) is 0 Å². The maximum atomic E-state index is 0. The first-order chi connectivity index (χ1) is 0. The molecule has 0 bridgehead atoms. The molecular formula is Al2O7Re2-14. The zero-order valence-corrected chi connectivity index (χ0v) is 12.5. The first-order valence-electron chi connectivity index (χ1n) is 0. The fourth-order valence-electron chi connectivity index (χ4n) is 0. The van der Waals surface area contributed by atoms with Gasteiger partial charge in [-0.25, -0.2) is 0 Å². The molecule has 8 radical (unpaired) electrons. The molecule has 0 unspecified atom stereocenters. The van der Waals surface area contributed by atoms with E-state index in [4.69, 9.17) is 0 Å². The molecule has 0 fully saturated rings. The van der Waals surface area contributed by atoms with Gasteiger partial charge < -0.3 is 38.3 Å². The van der Waals surface area contributed by atoms with Crippen molar-refractivity contribution in [3.63, 3.8) is 0 Å². The van der Waals surface area contributed by atoms with Gasteiger partial charge in [0.25, 0.3) is 0 Å². The Morgan fingerprint density at radius 3 is 0.273 bits per heavy atom. The monoisotopic (exact) mass is 540 g/mol. The third kappa shape index (κ3) is 278. The van der Waals surface area contributed by atoms with Gasteiger partial charge in [0.15, 0.2) is 0 Å². The molecule has 0 saturated heterocycles. The second kappa shape index (κ2) is 336. The van der Waals surface area contributed by atoms with Gasteiger partial charge in [-0.3, -0.25) is 0 Å². The normalized spacial score (nSPS) is 0. The van der Waals surface area contributed by atoms with Gasteiger partial charge in [0.1, 0.15) is 0 Å². The van der Waals surface area contributed by atoms with Crippen molar-refractivity contribution in [3.05, 3.63) is 0 Å². The Hall–Kier alpha value is 2.11. The van der Waals surface area contributed by atoms with Crippen molar-refractivity contribution in [2.75, 3.05) is 0 Å². The summed E-state index contributed by atoms with van der Waals surface area (Å²) in [6, 6.07) is 0. The number of hydrogen-bond donors (Lipinski definition) is 0. The summed E-state index contributed by atoms with van der Waals surface area (Å²) in [5.74, 6) is 0. The van der Waals surface area contributed by atoms with Crippen molar-refractivity contribution in [1.29, 1.82) is 0 Å². The van der Waals surface area contributed by atoms with Crippen molar-refractivity contribution in [3.8, 4) is 0 Å². The SMILES string of the molecule is [Al].[Al].[O-2].[O-2].[O-2].[O-2].[O-2].[O-2].[O-2].[Re].[Re]. The molecule has 0 heterocycles. The summed E-state index contributed by atoms with van der Waals surface area (Å²) in [7, 11) is 0. The smallest absolute Gasteiger partial charge is 0 e. The summed E-state index contributed by atoms with van der Waals surface area (Å²) >= 11 is 0. The summed E-state index contributed by atoms with van der Waals surface area (Å²) in [4.78, 5) is 0. The van der Waals surface area contributed by atoms with Gasteiger partial charge in [-0.1, -0.05) is 0 Å². The van der Waals surface area contributed by atoms with Gasteiger partial charge >= 0.3 is 0 Å². The first-order valence-corrected chi connectivity index (χ1v) is 0. The molecule has 0 rings (SSSR count). The molecule has 11 heavy (non-hydrogen) atoms. The summed E-state index contributed by atoms with van der Waals surface area (Å²) in [6.07, 6.45) is 0. The van der Waals surface area contributed by atoms with Crippen LogP contribution in [0.2, 0.25) is 0 Å². The summed E-state index contributed by atoms with van der Waals surface area (Å²) in [5, 5.41) is 0. The van der Waals surface area contributed by atoms with Crippen molar-refractivity contribution < 1.29 is 79.2 Å². The molecule has 0 aliphatic heterocycles. The largest absolute Gasteiger partial charge is 2.00 e. The molecule has 0 aliphatic rings. The van der Waals surface area contributed by atoms with E-state index in [1.807, 2.05) is 0 Å². The van der Waals surface area contributed by atoms with E-state index in [2.05, 4.69) is 0 Å². The molecule has 7 nitrogen and oxygen atoms in total.